The molecule has 0 saturated carbocycles. The summed E-state index contributed by atoms with van der Waals surface area (Å²) in [5.74, 6) is 0.793. The fourth-order valence-electron chi connectivity index (χ4n) is 4.25. The summed E-state index contributed by atoms with van der Waals surface area (Å²) in [5.41, 5.74) is 6.31. The van der Waals surface area contributed by atoms with Crippen LogP contribution in [0.5, 0.6) is 0 Å². The molecule has 3 aromatic carbocycles. The molecule has 0 saturated heterocycles. The Balaban J connectivity index is 1.54. The number of fused-ring (bicyclic) bond motifs is 2. The van der Waals surface area contributed by atoms with Crippen molar-refractivity contribution in [3.05, 3.63) is 107 Å². The average molecular weight is 482 g/mol. The van der Waals surface area contributed by atoms with Crippen LogP contribution in [-0.2, 0) is 0 Å². The van der Waals surface area contributed by atoms with Gasteiger partial charge in [-0.15, -0.1) is 11.8 Å². The van der Waals surface area contributed by atoms with E-state index in [1.165, 1.54) is 5.56 Å². The van der Waals surface area contributed by atoms with Crippen molar-refractivity contribution in [2.24, 2.45) is 4.99 Å². The summed E-state index contributed by atoms with van der Waals surface area (Å²) in [6, 6.07) is 24.8. The van der Waals surface area contributed by atoms with Crippen molar-refractivity contribution in [1.29, 1.82) is 0 Å². The Bertz CT molecular complexity index is 1530. The summed E-state index contributed by atoms with van der Waals surface area (Å²) < 4.78 is 1.76. The lowest BCUT2D eigenvalue weighted by Gasteiger charge is -2.20. The molecule has 1 aliphatic rings. The molecular weight excluding hydrogens is 462 g/mol. The van der Waals surface area contributed by atoms with E-state index in [0.29, 0.717) is 5.02 Å². The SMILES string of the molecule is Cc1ccc2nc(-n3cncn3)c(C3CC(c4ccc(Cl)cc4)=Nc4ccccc4S3)cc2c1. The fourth-order valence-corrected chi connectivity index (χ4v) is 5.61. The number of aromatic nitrogens is 4. The average Bonchev–Trinajstić information content (AvgIpc) is 3.31. The molecule has 0 aliphatic carbocycles. The highest BCUT2D eigenvalue weighted by molar-refractivity contribution is 7.99. The van der Waals surface area contributed by atoms with E-state index in [4.69, 9.17) is 21.6 Å². The van der Waals surface area contributed by atoms with Crippen molar-refractivity contribution < 1.29 is 0 Å². The zero-order valence-corrected chi connectivity index (χ0v) is 20.0. The highest BCUT2D eigenvalue weighted by Crippen LogP contribution is 2.47. The van der Waals surface area contributed by atoms with Crippen LogP contribution in [0.3, 0.4) is 0 Å². The molecule has 5 aromatic rings. The van der Waals surface area contributed by atoms with Gasteiger partial charge in [0.15, 0.2) is 5.82 Å². The van der Waals surface area contributed by atoms with Gasteiger partial charge in [0.25, 0.3) is 0 Å². The fraction of sp³-hybridized carbons (Fsp3) is 0.111. The molecule has 3 heterocycles. The van der Waals surface area contributed by atoms with Gasteiger partial charge in [-0.25, -0.2) is 14.6 Å². The number of aliphatic imine (C=N–C) groups is 1. The minimum Gasteiger partial charge on any atom is -0.252 e. The summed E-state index contributed by atoms with van der Waals surface area (Å²) in [5, 5.41) is 6.32. The third-order valence-electron chi connectivity index (χ3n) is 5.91. The number of hydrogen-bond acceptors (Lipinski definition) is 5. The molecule has 0 amide bonds. The Morgan fingerprint density at radius 2 is 1.85 bits per heavy atom. The van der Waals surface area contributed by atoms with E-state index in [1.54, 1.807) is 17.3 Å². The molecule has 5 nitrogen and oxygen atoms in total. The van der Waals surface area contributed by atoms with Crippen LogP contribution in [0, 0.1) is 6.92 Å². The lowest BCUT2D eigenvalue weighted by atomic mass is 10.00. The van der Waals surface area contributed by atoms with Crippen molar-refractivity contribution in [1.82, 2.24) is 19.7 Å². The van der Waals surface area contributed by atoms with Gasteiger partial charge in [0, 0.05) is 38.3 Å². The van der Waals surface area contributed by atoms with Gasteiger partial charge >= 0.3 is 0 Å². The predicted octanol–water partition coefficient (Wildman–Crippen LogP) is 7.14. The van der Waals surface area contributed by atoms with Gasteiger partial charge < -0.3 is 0 Å². The number of pyridine rings is 1. The largest absolute Gasteiger partial charge is 0.252 e. The van der Waals surface area contributed by atoms with Gasteiger partial charge in [0.05, 0.1) is 11.2 Å². The van der Waals surface area contributed by atoms with Crippen molar-refractivity contribution in [2.45, 2.75) is 23.5 Å². The van der Waals surface area contributed by atoms with Gasteiger partial charge in [-0.05, 0) is 55.0 Å². The lowest BCUT2D eigenvalue weighted by molar-refractivity contribution is 0.824. The van der Waals surface area contributed by atoms with E-state index in [2.05, 4.69) is 59.5 Å². The molecule has 166 valence electrons. The first kappa shape index (κ1) is 21.1. The number of para-hydroxylation sites is 1. The Kier molecular flexibility index (Phi) is 5.40. The number of nitrogens with zero attached hydrogens (tertiary/aromatic N) is 5. The van der Waals surface area contributed by atoms with Crippen LogP contribution in [0.15, 0.2) is 95.3 Å². The van der Waals surface area contributed by atoms with Gasteiger partial charge in [-0.2, -0.15) is 5.10 Å². The molecule has 34 heavy (non-hydrogen) atoms. The van der Waals surface area contributed by atoms with Crippen LogP contribution in [-0.4, -0.2) is 25.5 Å². The number of benzene rings is 3. The molecular formula is C27H20ClN5S. The third kappa shape index (κ3) is 4.00. The second-order valence-corrected chi connectivity index (χ2v) is 9.96. The predicted molar refractivity (Wildman–Crippen MR) is 139 cm³/mol. The van der Waals surface area contributed by atoms with Gasteiger partial charge in [-0.3, -0.25) is 4.99 Å². The Labute approximate surface area is 206 Å². The minimum absolute atomic E-state index is 0.0784. The number of rotatable bonds is 3. The van der Waals surface area contributed by atoms with E-state index in [-0.39, 0.29) is 5.25 Å². The first-order chi connectivity index (χ1) is 16.6. The van der Waals surface area contributed by atoms with Crippen molar-refractivity contribution in [3.8, 4) is 5.82 Å². The smallest absolute Gasteiger partial charge is 0.160 e. The monoisotopic (exact) mass is 481 g/mol. The van der Waals surface area contributed by atoms with Crippen LogP contribution in [0.25, 0.3) is 16.7 Å². The molecule has 0 N–H and O–H groups in total. The van der Waals surface area contributed by atoms with Crippen molar-refractivity contribution >= 4 is 45.7 Å². The van der Waals surface area contributed by atoms with E-state index >= 15 is 0 Å². The maximum absolute atomic E-state index is 6.17. The van der Waals surface area contributed by atoms with E-state index in [9.17, 15) is 0 Å². The Morgan fingerprint density at radius 1 is 1.00 bits per heavy atom. The van der Waals surface area contributed by atoms with Crippen LogP contribution >= 0.6 is 23.4 Å². The number of hydrogen-bond donors (Lipinski definition) is 0. The van der Waals surface area contributed by atoms with Crippen LogP contribution in [0.1, 0.15) is 28.4 Å². The summed E-state index contributed by atoms with van der Waals surface area (Å²) in [7, 11) is 0. The molecule has 1 unspecified atom stereocenters. The Hall–Kier alpha value is -3.48. The summed E-state index contributed by atoms with van der Waals surface area (Å²) in [6.45, 7) is 2.10. The van der Waals surface area contributed by atoms with E-state index in [0.717, 1.165) is 50.6 Å². The zero-order chi connectivity index (χ0) is 23.1. The molecule has 0 bridgehead atoms. The zero-order valence-electron chi connectivity index (χ0n) is 18.4. The topological polar surface area (TPSA) is 56.0 Å². The van der Waals surface area contributed by atoms with E-state index in [1.807, 2.05) is 42.1 Å². The maximum atomic E-state index is 6.17. The third-order valence-corrected chi connectivity index (χ3v) is 7.46. The maximum Gasteiger partial charge on any atom is 0.160 e. The molecule has 1 atom stereocenters. The summed E-state index contributed by atoms with van der Waals surface area (Å²) in [6.07, 6.45) is 3.98. The van der Waals surface area contributed by atoms with Crippen LogP contribution in [0.2, 0.25) is 5.02 Å². The highest BCUT2D eigenvalue weighted by atomic mass is 35.5. The first-order valence-electron chi connectivity index (χ1n) is 11.0. The number of halogens is 1. The molecule has 0 spiro atoms. The molecule has 2 aromatic heterocycles. The first-order valence-corrected chi connectivity index (χ1v) is 12.3. The van der Waals surface area contributed by atoms with Crippen molar-refractivity contribution in [2.75, 3.05) is 0 Å². The number of thioether (sulfide) groups is 1. The highest BCUT2D eigenvalue weighted by Gasteiger charge is 2.26. The molecule has 1 aliphatic heterocycles. The quantitative estimate of drug-likeness (QED) is 0.275. The minimum atomic E-state index is 0.0784. The molecule has 6 rings (SSSR count). The lowest BCUT2D eigenvalue weighted by Crippen LogP contribution is -2.10. The summed E-state index contributed by atoms with van der Waals surface area (Å²) >= 11 is 7.98. The van der Waals surface area contributed by atoms with Crippen molar-refractivity contribution in [3.63, 3.8) is 0 Å². The standard InChI is InChI=1S/C27H20ClN5S/c1-17-6-11-22-19(12-17)13-21(27(32-22)33-16-29-15-30-33)26-14-24(18-7-9-20(28)10-8-18)31-23-4-2-3-5-25(23)34-26/h2-13,15-16,26H,14H2,1H3. The van der Waals surface area contributed by atoms with E-state index < -0.39 is 0 Å². The molecule has 7 heteroatoms. The summed E-state index contributed by atoms with van der Waals surface area (Å²) in [4.78, 5) is 15.4. The number of aryl methyl sites for hydroxylation is 1. The van der Waals surface area contributed by atoms with Crippen LogP contribution in [0.4, 0.5) is 5.69 Å². The van der Waals surface area contributed by atoms with Crippen LogP contribution < -0.4 is 0 Å². The second kappa shape index (κ2) is 8.70. The normalized spacial score (nSPS) is 15.6. The van der Waals surface area contributed by atoms with Gasteiger partial charge in [-0.1, -0.05) is 47.5 Å². The molecule has 0 fully saturated rings. The van der Waals surface area contributed by atoms with Gasteiger partial charge in [0.1, 0.15) is 12.7 Å². The van der Waals surface area contributed by atoms with Gasteiger partial charge in [0.2, 0.25) is 0 Å². The Morgan fingerprint density at radius 3 is 2.68 bits per heavy atom. The second-order valence-electron chi connectivity index (χ2n) is 8.28. The molecule has 0 radical (unpaired) electrons.